The molecule has 0 aliphatic carbocycles. The zero-order chi connectivity index (χ0) is 12.7. The molecule has 6 heteroatoms. The number of hydrogen-bond acceptors (Lipinski definition) is 3. The summed E-state index contributed by atoms with van der Waals surface area (Å²) >= 11 is 0. The Hall–Kier alpha value is -1.30. The number of carboxylic acid groups (broad SMARTS) is 1. The number of carboxylic acids is 1. The minimum Gasteiger partial charge on any atom is -0.480 e. The standard InChI is InChI=1S/C10H21N3O3/c1-8(9(14)15)11-10(16)13(4)7-5-6-12(2)3/h8H,5-7H2,1-4H3,(H,11,16)(H,14,15)/t8-/m0/s1. The highest BCUT2D eigenvalue weighted by molar-refractivity contribution is 5.82. The molecule has 2 N–H and O–H groups in total. The number of carbonyl (C=O) groups is 2. The van der Waals surface area contributed by atoms with Crippen molar-refractivity contribution in [3.05, 3.63) is 0 Å². The third-order valence-electron chi connectivity index (χ3n) is 2.16. The Morgan fingerprint density at radius 2 is 1.81 bits per heavy atom. The molecule has 0 aliphatic rings. The summed E-state index contributed by atoms with van der Waals surface area (Å²) < 4.78 is 0. The third kappa shape index (κ3) is 6.23. The first-order chi connectivity index (χ1) is 7.34. The van der Waals surface area contributed by atoms with Gasteiger partial charge in [0.15, 0.2) is 0 Å². The first kappa shape index (κ1) is 14.7. The quantitative estimate of drug-likeness (QED) is 0.677. The van der Waals surface area contributed by atoms with Gasteiger partial charge in [-0.2, -0.15) is 0 Å². The first-order valence-corrected chi connectivity index (χ1v) is 5.23. The van der Waals surface area contributed by atoms with Crippen LogP contribution in [-0.4, -0.2) is 67.2 Å². The molecule has 0 radical (unpaired) electrons. The summed E-state index contributed by atoms with van der Waals surface area (Å²) in [6, 6.07) is -1.21. The minimum absolute atomic E-state index is 0.353. The van der Waals surface area contributed by atoms with Crippen LogP contribution in [0.4, 0.5) is 4.79 Å². The van der Waals surface area contributed by atoms with Crippen molar-refractivity contribution in [3.63, 3.8) is 0 Å². The Kier molecular flexibility index (Phi) is 6.48. The van der Waals surface area contributed by atoms with Gasteiger partial charge < -0.3 is 20.2 Å². The molecule has 0 unspecified atom stereocenters. The maximum Gasteiger partial charge on any atom is 0.325 e. The summed E-state index contributed by atoms with van der Waals surface area (Å²) in [5, 5.41) is 11.0. The fourth-order valence-electron chi connectivity index (χ4n) is 1.08. The average molecular weight is 231 g/mol. The van der Waals surface area contributed by atoms with Gasteiger partial charge in [0.05, 0.1) is 0 Å². The highest BCUT2D eigenvalue weighted by atomic mass is 16.4. The van der Waals surface area contributed by atoms with Gasteiger partial charge in [-0.25, -0.2) is 4.79 Å². The van der Waals surface area contributed by atoms with Crippen molar-refractivity contribution in [3.8, 4) is 0 Å². The molecule has 0 bridgehead atoms. The number of rotatable bonds is 6. The molecule has 0 fully saturated rings. The first-order valence-electron chi connectivity index (χ1n) is 5.23. The van der Waals surface area contributed by atoms with Crippen LogP contribution in [0.5, 0.6) is 0 Å². The topological polar surface area (TPSA) is 72.9 Å². The summed E-state index contributed by atoms with van der Waals surface area (Å²) in [6.45, 7) is 2.94. The molecule has 0 spiro atoms. The van der Waals surface area contributed by atoms with Crippen molar-refractivity contribution < 1.29 is 14.7 Å². The van der Waals surface area contributed by atoms with Gasteiger partial charge in [0.25, 0.3) is 0 Å². The Morgan fingerprint density at radius 3 is 2.25 bits per heavy atom. The van der Waals surface area contributed by atoms with E-state index in [4.69, 9.17) is 5.11 Å². The maximum absolute atomic E-state index is 11.5. The highest BCUT2D eigenvalue weighted by Crippen LogP contribution is 1.92. The number of urea groups is 1. The monoisotopic (exact) mass is 231 g/mol. The van der Waals surface area contributed by atoms with Gasteiger partial charge >= 0.3 is 12.0 Å². The Labute approximate surface area is 96.2 Å². The smallest absolute Gasteiger partial charge is 0.325 e. The lowest BCUT2D eigenvalue weighted by Gasteiger charge is -2.20. The summed E-state index contributed by atoms with van der Waals surface area (Å²) in [6.07, 6.45) is 0.859. The van der Waals surface area contributed by atoms with Crippen LogP contribution in [-0.2, 0) is 4.79 Å². The van der Waals surface area contributed by atoms with Gasteiger partial charge in [0.2, 0.25) is 0 Å². The second kappa shape index (κ2) is 7.05. The molecule has 0 heterocycles. The summed E-state index contributed by atoms with van der Waals surface area (Å²) in [7, 11) is 5.58. The fraction of sp³-hybridized carbons (Fsp3) is 0.800. The Balaban J connectivity index is 3.86. The maximum atomic E-state index is 11.5. The van der Waals surface area contributed by atoms with Crippen molar-refractivity contribution >= 4 is 12.0 Å². The van der Waals surface area contributed by atoms with E-state index in [2.05, 4.69) is 5.32 Å². The molecule has 6 nitrogen and oxygen atoms in total. The summed E-state index contributed by atoms with van der Waals surface area (Å²) in [5.41, 5.74) is 0. The molecule has 16 heavy (non-hydrogen) atoms. The molecule has 0 aliphatic heterocycles. The van der Waals surface area contributed by atoms with E-state index in [0.717, 1.165) is 13.0 Å². The Morgan fingerprint density at radius 1 is 1.25 bits per heavy atom. The van der Waals surface area contributed by atoms with Gasteiger partial charge in [0, 0.05) is 13.6 Å². The lowest BCUT2D eigenvalue weighted by atomic mass is 10.3. The van der Waals surface area contributed by atoms with Gasteiger partial charge in [0.1, 0.15) is 6.04 Å². The van der Waals surface area contributed by atoms with E-state index >= 15 is 0 Å². The van der Waals surface area contributed by atoms with Gasteiger partial charge in [-0.3, -0.25) is 4.79 Å². The SMILES string of the molecule is C[C@H](NC(=O)N(C)CCCN(C)C)C(=O)O. The molecule has 0 rings (SSSR count). The predicted octanol–water partition coefficient (Wildman–Crippen LogP) is 0.0526. The van der Waals surface area contributed by atoms with E-state index in [-0.39, 0.29) is 6.03 Å². The third-order valence-corrected chi connectivity index (χ3v) is 2.16. The molecule has 0 aromatic carbocycles. The predicted molar refractivity (Wildman–Crippen MR) is 61.4 cm³/mol. The van der Waals surface area contributed by atoms with Crippen molar-refractivity contribution in [1.82, 2.24) is 15.1 Å². The molecule has 94 valence electrons. The molecular formula is C10H21N3O3. The van der Waals surface area contributed by atoms with Crippen molar-refractivity contribution in [2.75, 3.05) is 34.2 Å². The summed E-state index contributed by atoms with van der Waals surface area (Å²) in [5.74, 6) is -1.03. The molecule has 2 amide bonds. The van der Waals surface area contributed by atoms with Crippen molar-refractivity contribution in [2.45, 2.75) is 19.4 Å². The fourth-order valence-corrected chi connectivity index (χ4v) is 1.08. The van der Waals surface area contributed by atoms with Crippen LogP contribution in [0.25, 0.3) is 0 Å². The second-order valence-corrected chi connectivity index (χ2v) is 4.09. The van der Waals surface area contributed by atoms with Crippen LogP contribution >= 0.6 is 0 Å². The van der Waals surface area contributed by atoms with E-state index in [1.54, 1.807) is 7.05 Å². The van der Waals surface area contributed by atoms with E-state index in [1.165, 1.54) is 11.8 Å². The van der Waals surface area contributed by atoms with E-state index < -0.39 is 12.0 Å². The lowest BCUT2D eigenvalue weighted by Crippen LogP contribution is -2.45. The van der Waals surface area contributed by atoms with Crippen LogP contribution in [0, 0.1) is 0 Å². The van der Waals surface area contributed by atoms with E-state index in [9.17, 15) is 9.59 Å². The van der Waals surface area contributed by atoms with E-state index in [0.29, 0.717) is 6.54 Å². The molecular weight excluding hydrogens is 210 g/mol. The molecule has 0 aromatic heterocycles. The summed E-state index contributed by atoms with van der Waals surface area (Å²) in [4.78, 5) is 25.5. The number of nitrogens with zero attached hydrogens (tertiary/aromatic N) is 2. The zero-order valence-electron chi connectivity index (χ0n) is 10.4. The largest absolute Gasteiger partial charge is 0.480 e. The minimum atomic E-state index is -1.03. The second-order valence-electron chi connectivity index (χ2n) is 4.09. The van der Waals surface area contributed by atoms with Crippen LogP contribution in [0.3, 0.4) is 0 Å². The van der Waals surface area contributed by atoms with Crippen LogP contribution in [0.2, 0.25) is 0 Å². The zero-order valence-corrected chi connectivity index (χ0v) is 10.4. The number of amides is 2. The molecule has 0 aromatic rings. The van der Waals surface area contributed by atoms with E-state index in [1.807, 2.05) is 19.0 Å². The molecule has 0 saturated carbocycles. The van der Waals surface area contributed by atoms with Crippen LogP contribution < -0.4 is 5.32 Å². The van der Waals surface area contributed by atoms with Crippen LogP contribution in [0.1, 0.15) is 13.3 Å². The molecule has 1 atom stereocenters. The van der Waals surface area contributed by atoms with Crippen molar-refractivity contribution in [2.24, 2.45) is 0 Å². The lowest BCUT2D eigenvalue weighted by molar-refractivity contribution is -0.138. The molecule has 0 saturated heterocycles. The van der Waals surface area contributed by atoms with Crippen LogP contribution in [0.15, 0.2) is 0 Å². The number of carbonyl (C=O) groups excluding carboxylic acids is 1. The average Bonchev–Trinajstić information content (AvgIpc) is 2.16. The van der Waals surface area contributed by atoms with Crippen molar-refractivity contribution in [1.29, 1.82) is 0 Å². The van der Waals surface area contributed by atoms with Gasteiger partial charge in [-0.15, -0.1) is 0 Å². The Bertz CT molecular complexity index is 243. The van der Waals surface area contributed by atoms with Gasteiger partial charge in [-0.05, 0) is 34.0 Å². The highest BCUT2D eigenvalue weighted by Gasteiger charge is 2.16. The number of hydrogen-bond donors (Lipinski definition) is 2. The number of nitrogens with one attached hydrogen (secondary N) is 1. The normalized spacial score (nSPS) is 12.3. The van der Waals surface area contributed by atoms with Gasteiger partial charge in [-0.1, -0.05) is 0 Å². The number of aliphatic carboxylic acids is 1.